The minimum Gasteiger partial charge on any atom is -0.457 e. The topological polar surface area (TPSA) is 64.8 Å². The number of nitrogens with two attached hydrogens (primary N) is 1. The maximum Gasteiger partial charge on any atom is 0.573 e. The molecule has 5 nitrogen and oxygen atoms in total. The zero-order chi connectivity index (χ0) is 22.7. The molecule has 30 heavy (non-hydrogen) atoms. The Kier molecular flexibility index (Phi) is 7.53. The number of nitrogens with zero attached hydrogens (tertiary/aromatic N) is 1. The molecule has 0 heterocycles. The van der Waals surface area contributed by atoms with Crippen LogP contribution in [0.15, 0.2) is 45.8 Å². The first kappa shape index (κ1) is 24.2. The minimum absolute atomic E-state index is 0.0750. The third kappa shape index (κ3) is 6.71. The average molecular weight is 519 g/mol. The number of benzene rings is 2. The summed E-state index contributed by atoms with van der Waals surface area (Å²) in [6.45, 7) is -0.455. The van der Waals surface area contributed by atoms with Crippen molar-refractivity contribution in [2.24, 2.45) is 5.14 Å². The van der Waals surface area contributed by atoms with E-state index in [0.717, 1.165) is 31.1 Å². The van der Waals surface area contributed by atoms with Gasteiger partial charge in [0.25, 0.3) is 0 Å². The van der Waals surface area contributed by atoms with Gasteiger partial charge in [-0.25, -0.2) is 0 Å². The fraction of sp³-hybridized carbons (Fsp3) is 0.235. The van der Waals surface area contributed by atoms with Gasteiger partial charge in [0.15, 0.2) is 0 Å². The Balaban J connectivity index is 2.30. The fourth-order valence-corrected chi connectivity index (χ4v) is 3.25. The van der Waals surface area contributed by atoms with E-state index in [1.54, 1.807) is 0 Å². The molecule has 0 spiro atoms. The van der Waals surface area contributed by atoms with Crippen LogP contribution in [0.4, 0.5) is 26.3 Å². The van der Waals surface area contributed by atoms with Crippen LogP contribution in [-0.2, 0) is 11.3 Å². The van der Waals surface area contributed by atoms with E-state index in [4.69, 9.17) is 9.88 Å². The molecule has 164 valence electrons. The second-order valence-corrected chi connectivity index (χ2v) is 7.32. The highest BCUT2D eigenvalue weighted by molar-refractivity contribution is 9.10. The Morgan fingerprint density at radius 1 is 1.10 bits per heavy atom. The lowest BCUT2D eigenvalue weighted by Crippen LogP contribution is -2.38. The van der Waals surface area contributed by atoms with Crippen LogP contribution >= 0.6 is 27.9 Å². The van der Waals surface area contributed by atoms with Crippen LogP contribution in [0.5, 0.6) is 17.2 Å². The van der Waals surface area contributed by atoms with Gasteiger partial charge in [0.2, 0.25) is 0 Å². The number of halogens is 7. The first-order valence-corrected chi connectivity index (χ1v) is 9.52. The van der Waals surface area contributed by atoms with Crippen LogP contribution in [0.3, 0.4) is 0 Å². The number of rotatable bonds is 6. The molecule has 0 aliphatic carbocycles. The van der Waals surface area contributed by atoms with Crippen LogP contribution < -0.4 is 14.6 Å². The Morgan fingerprint density at radius 3 is 2.17 bits per heavy atom. The molecular weight excluding hydrogens is 506 g/mol. The van der Waals surface area contributed by atoms with E-state index < -0.39 is 30.7 Å². The van der Waals surface area contributed by atoms with Gasteiger partial charge in [-0.3, -0.25) is 9.93 Å². The summed E-state index contributed by atoms with van der Waals surface area (Å²) in [5.74, 6) is -2.35. The van der Waals surface area contributed by atoms with Crippen molar-refractivity contribution in [2.45, 2.75) is 24.0 Å². The maximum absolute atomic E-state index is 12.7. The summed E-state index contributed by atoms with van der Waals surface area (Å²) in [7, 11) is 0.972. The normalized spacial score (nSPS) is 11.9. The van der Waals surface area contributed by atoms with Gasteiger partial charge >= 0.3 is 18.4 Å². The van der Waals surface area contributed by atoms with Gasteiger partial charge in [-0.05, 0) is 64.3 Å². The SMILES string of the molecule is CN(Cc1cc(SN)c(Br)cc1Oc1ccc(OC(F)(F)F)cc1)C(=O)C(F)(F)F. The molecule has 0 aliphatic heterocycles. The molecule has 2 rings (SSSR count). The largest absolute Gasteiger partial charge is 0.573 e. The van der Waals surface area contributed by atoms with Gasteiger partial charge < -0.3 is 14.4 Å². The van der Waals surface area contributed by atoms with Gasteiger partial charge in [-0.15, -0.1) is 13.2 Å². The predicted octanol–water partition coefficient (Wildman–Crippen LogP) is 5.63. The zero-order valence-electron chi connectivity index (χ0n) is 15.0. The van der Waals surface area contributed by atoms with Gasteiger partial charge in [0.05, 0.1) is 0 Å². The number of ether oxygens (including phenoxy) is 2. The third-order valence-corrected chi connectivity index (χ3v) is 5.03. The van der Waals surface area contributed by atoms with Crippen molar-refractivity contribution in [1.82, 2.24) is 4.90 Å². The van der Waals surface area contributed by atoms with E-state index in [-0.39, 0.29) is 17.1 Å². The predicted molar refractivity (Wildman–Crippen MR) is 99.9 cm³/mol. The number of carbonyl (C=O) groups excluding carboxylic acids is 1. The van der Waals surface area contributed by atoms with Crippen molar-refractivity contribution >= 4 is 33.8 Å². The van der Waals surface area contributed by atoms with Crippen molar-refractivity contribution in [2.75, 3.05) is 7.05 Å². The van der Waals surface area contributed by atoms with E-state index in [0.29, 0.717) is 14.3 Å². The van der Waals surface area contributed by atoms with Crippen molar-refractivity contribution < 1.29 is 40.6 Å². The molecule has 0 bridgehead atoms. The summed E-state index contributed by atoms with van der Waals surface area (Å²) >= 11 is 4.06. The second-order valence-electron chi connectivity index (χ2n) is 5.79. The highest BCUT2D eigenvalue weighted by Crippen LogP contribution is 2.36. The third-order valence-electron chi connectivity index (χ3n) is 3.52. The van der Waals surface area contributed by atoms with Crippen molar-refractivity contribution in [3.05, 3.63) is 46.4 Å². The lowest BCUT2D eigenvalue weighted by atomic mass is 10.2. The van der Waals surface area contributed by atoms with Gasteiger partial charge in [0.1, 0.15) is 17.2 Å². The highest BCUT2D eigenvalue weighted by atomic mass is 79.9. The molecule has 0 aliphatic rings. The zero-order valence-corrected chi connectivity index (χ0v) is 17.4. The molecule has 0 radical (unpaired) electrons. The first-order valence-electron chi connectivity index (χ1n) is 7.85. The average Bonchev–Trinajstić information content (AvgIpc) is 2.62. The quantitative estimate of drug-likeness (QED) is 0.396. The molecule has 0 saturated heterocycles. The Labute approximate surface area is 179 Å². The number of carbonyl (C=O) groups is 1. The summed E-state index contributed by atoms with van der Waals surface area (Å²) < 4.78 is 84.6. The Morgan fingerprint density at radius 2 is 1.67 bits per heavy atom. The monoisotopic (exact) mass is 518 g/mol. The smallest absolute Gasteiger partial charge is 0.457 e. The molecule has 2 aromatic rings. The van der Waals surface area contributed by atoms with Crippen LogP contribution in [0.1, 0.15) is 5.56 Å². The molecule has 0 aromatic heterocycles. The summed E-state index contributed by atoms with van der Waals surface area (Å²) in [5.41, 5.74) is 0.196. The van der Waals surface area contributed by atoms with Gasteiger partial charge in [0, 0.05) is 28.5 Å². The molecule has 13 heteroatoms. The summed E-state index contributed by atoms with van der Waals surface area (Å²) in [5, 5.41) is 5.53. The number of hydrogen-bond acceptors (Lipinski definition) is 5. The summed E-state index contributed by atoms with van der Waals surface area (Å²) in [6, 6.07) is 7.27. The Hall–Kier alpha value is -2.12. The molecule has 2 aromatic carbocycles. The van der Waals surface area contributed by atoms with Crippen LogP contribution in [0.25, 0.3) is 0 Å². The van der Waals surface area contributed by atoms with E-state index in [1.807, 2.05) is 0 Å². The van der Waals surface area contributed by atoms with E-state index in [2.05, 4.69) is 20.7 Å². The minimum atomic E-state index is -5.05. The van der Waals surface area contributed by atoms with Crippen LogP contribution in [0.2, 0.25) is 0 Å². The lowest BCUT2D eigenvalue weighted by molar-refractivity contribution is -0.274. The van der Waals surface area contributed by atoms with E-state index >= 15 is 0 Å². The van der Waals surface area contributed by atoms with E-state index in [1.165, 1.54) is 24.3 Å². The molecule has 2 N–H and O–H groups in total. The van der Waals surface area contributed by atoms with Crippen molar-refractivity contribution in [1.29, 1.82) is 0 Å². The number of hydrogen-bond donors (Lipinski definition) is 1. The molecule has 1 amide bonds. The second kappa shape index (κ2) is 9.35. The summed E-state index contributed by atoms with van der Waals surface area (Å²) in [4.78, 5) is 12.4. The first-order chi connectivity index (χ1) is 13.8. The lowest BCUT2D eigenvalue weighted by Gasteiger charge is -2.21. The van der Waals surface area contributed by atoms with Gasteiger partial charge in [-0.2, -0.15) is 13.2 Å². The van der Waals surface area contributed by atoms with Crippen LogP contribution in [0, 0.1) is 0 Å². The maximum atomic E-state index is 12.7. The van der Waals surface area contributed by atoms with Gasteiger partial charge in [-0.1, -0.05) is 0 Å². The van der Waals surface area contributed by atoms with Crippen LogP contribution in [-0.4, -0.2) is 30.4 Å². The molecule has 0 unspecified atom stereocenters. The number of amides is 1. The molecular formula is C17H13BrF6N2O3S. The van der Waals surface area contributed by atoms with Crippen molar-refractivity contribution in [3.8, 4) is 17.2 Å². The number of alkyl halides is 6. The Bertz CT molecular complexity index is 906. The summed E-state index contributed by atoms with van der Waals surface area (Å²) in [6.07, 6.45) is -9.91. The van der Waals surface area contributed by atoms with E-state index in [9.17, 15) is 31.1 Å². The standard InChI is InChI=1S/C17H13BrF6N2O3S/c1-26(15(27)16(19,20)21)8-9-6-14(30-25)12(18)7-13(9)28-10-2-4-11(5-3-10)29-17(22,23)24/h2-7H,8,25H2,1H3. The molecule has 0 atom stereocenters. The van der Waals surface area contributed by atoms with Crippen molar-refractivity contribution in [3.63, 3.8) is 0 Å². The molecule has 0 saturated carbocycles. The highest BCUT2D eigenvalue weighted by Gasteiger charge is 2.41. The molecule has 0 fully saturated rings. The fourth-order valence-electron chi connectivity index (χ4n) is 2.27.